The fraction of sp³-hybridized carbons (Fsp3) is 0.538. The lowest BCUT2D eigenvalue weighted by atomic mass is 10.1. The van der Waals surface area contributed by atoms with Crippen molar-refractivity contribution >= 4 is 29.2 Å². The highest BCUT2D eigenvalue weighted by Gasteiger charge is 2.26. The lowest BCUT2D eigenvalue weighted by Crippen LogP contribution is -2.29. The van der Waals surface area contributed by atoms with Crippen LogP contribution < -0.4 is 10.6 Å². The van der Waals surface area contributed by atoms with Crippen molar-refractivity contribution in [1.82, 2.24) is 4.98 Å². The number of carboxylic acid groups (broad SMARTS) is 1. The number of nitrogens with zero attached hydrogens (tertiary/aromatic N) is 2. The van der Waals surface area contributed by atoms with Crippen LogP contribution in [0.1, 0.15) is 30.6 Å². The van der Waals surface area contributed by atoms with Crippen LogP contribution in [0.15, 0.2) is 12.3 Å². The van der Waals surface area contributed by atoms with E-state index in [2.05, 4.69) is 18.8 Å². The third-order valence-electron chi connectivity index (χ3n) is 3.26. The molecule has 0 aromatic carbocycles. The molecule has 1 saturated heterocycles. The summed E-state index contributed by atoms with van der Waals surface area (Å²) < 4.78 is 0.228. The molecule has 0 unspecified atom stereocenters. The second-order valence-corrected chi connectivity index (χ2v) is 7.09. The summed E-state index contributed by atoms with van der Waals surface area (Å²) in [4.78, 5) is 17.6. The number of hydrogen-bond acceptors (Lipinski definition) is 5. The third kappa shape index (κ3) is 3.32. The zero-order chi connectivity index (χ0) is 14.0. The number of nitrogen functional groups attached to an aromatic ring is 1. The molecule has 1 aromatic rings. The maximum Gasteiger partial charge on any atom is 0.339 e. The Hall–Kier alpha value is -1.43. The number of rotatable bonds is 2. The Balaban J connectivity index is 2.29. The molecule has 1 aromatic heterocycles. The normalized spacial score (nSPS) is 18.9. The zero-order valence-corrected chi connectivity index (χ0v) is 12.0. The molecule has 0 aliphatic carbocycles. The standard InChI is InChI=1S/C13H19N3O2S/c1-13(2)3-4-16(5-6-19-13)11-10(12(17)18)7-9(14)8-15-11/h7-8H,3-6,14H2,1-2H3,(H,17,18). The zero-order valence-electron chi connectivity index (χ0n) is 11.2. The van der Waals surface area contributed by atoms with Gasteiger partial charge in [0, 0.05) is 23.6 Å². The fourth-order valence-electron chi connectivity index (χ4n) is 2.12. The van der Waals surface area contributed by atoms with Crippen molar-refractivity contribution in [3.8, 4) is 0 Å². The first-order valence-corrected chi connectivity index (χ1v) is 7.25. The monoisotopic (exact) mass is 281 g/mol. The molecule has 3 N–H and O–H groups in total. The van der Waals surface area contributed by atoms with Crippen LogP contribution in [0.5, 0.6) is 0 Å². The van der Waals surface area contributed by atoms with Crippen LogP contribution in [0.3, 0.4) is 0 Å². The van der Waals surface area contributed by atoms with Gasteiger partial charge in [0.1, 0.15) is 11.4 Å². The predicted molar refractivity (Wildman–Crippen MR) is 79.0 cm³/mol. The average molecular weight is 281 g/mol. The van der Waals surface area contributed by atoms with Gasteiger partial charge in [0.15, 0.2) is 0 Å². The quantitative estimate of drug-likeness (QED) is 0.864. The largest absolute Gasteiger partial charge is 0.478 e. The van der Waals surface area contributed by atoms with Gasteiger partial charge in [-0.2, -0.15) is 11.8 Å². The van der Waals surface area contributed by atoms with Gasteiger partial charge >= 0.3 is 5.97 Å². The van der Waals surface area contributed by atoms with E-state index in [1.807, 2.05) is 16.7 Å². The number of hydrogen-bond donors (Lipinski definition) is 2. The van der Waals surface area contributed by atoms with Crippen molar-refractivity contribution < 1.29 is 9.90 Å². The summed E-state index contributed by atoms with van der Waals surface area (Å²) in [5.74, 6) is 0.518. The summed E-state index contributed by atoms with van der Waals surface area (Å²) >= 11 is 1.92. The second-order valence-electron chi connectivity index (χ2n) is 5.29. The van der Waals surface area contributed by atoms with Crippen LogP contribution in [-0.2, 0) is 0 Å². The van der Waals surface area contributed by atoms with Crippen LogP contribution in [0.25, 0.3) is 0 Å². The van der Waals surface area contributed by atoms with Gasteiger partial charge in [0.2, 0.25) is 0 Å². The van der Waals surface area contributed by atoms with Crippen molar-refractivity contribution in [2.45, 2.75) is 25.0 Å². The maximum absolute atomic E-state index is 11.3. The third-order valence-corrected chi connectivity index (χ3v) is 4.63. The van der Waals surface area contributed by atoms with Gasteiger partial charge in [-0.25, -0.2) is 9.78 Å². The average Bonchev–Trinajstić information content (AvgIpc) is 2.50. The topological polar surface area (TPSA) is 79.5 Å². The van der Waals surface area contributed by atoms with Crippen molar-refractivity contribution in [3.63, 3.8) is 0 Å². The molecule has 0 atom stereocenters. The molecular formula is C13H19N3O2S. The molecule has 5 nitrogen and oxygen atoms in total. The molecule has 0 amide bonds. The lowest BCUT2D eigenvalue weighted by Gasteiger charge is -2.24. The molecule has 0 saturated carbocycles. The Bertz CT molecular complexity index is 491. The number of anilines is 2. The van der Waals surface area contributed by atoms with E-state index in [9.17, 15) is 9.90 Å². The summed E-state index contributed by atoms with van der Waals surface area (Å²) in [6.45, 7) is 6.06. The van der Waals surface area contributed by atoms with Gasteiger partial charge in [-0.05, 0) is 12.5 Å². The maximum atomic E-state index is 11.3. The molecule has 1 aliphatic rings. The number of carboxylic acids is 1. The number of nitrogens with two attached hydrogens (primary N) is 1. The van der Waals surface area contributed by atoms with Crippen LogP contribution in [-0.4, -0.2) is 39.6 Å². The van der Waals surface area contributed by atoms with Crippen LogP contribution in [0.4, 0.5) is 11.5 Å². The van der Waals surface area contributed by atoms with E-state index >= 15 is 0 Å². The van der Waals surface area contributed by atoms with E-state index in [1.54, 1.807) is 0 Å². The second kappa shape index (κ2) is 5.28. The van der Waals surface area contributed by atoms with Crippen molar-refractivity contribution in [3.05, 3.63) is 17.8 Å². The lowest BCUT2D eigenvalue weighted by molar-refractivity contribution is 0.0697. The summed E-state index contributed by atoms with van der Waals surface area (Å²) in [5.41, 5.74) is 6.19. The van der Waals surface area contributed by atoms with E-state index < -0.39 is 5.97 Å². The Labute approximate surface area is 117 Å². The van der Waals surface area contributed by atoms with Gasteiger partial charge in [-0.1, -0.05) is 13.8 Å². The fourth-order valence-corrected chi connectivity index (χ4v) is 3.22. The molecule has 104 valence electrons. The highest BCUT2D eigenvalue weighted by Crippen LogP contribution is 2.32. The van der Waals surface area contributed by atoms with E-state index in [-0.39, 0.29) is 10.3 Å². The van der Waals surface area contributed by atoms with Gasteiger partial charge in [0.05, 0.1) is 11.9 Å². The first-order chi connectivity index (χ1) is 8.89. The molecule has 2 heterocycles. The minimum Gasteiger partial charge on any atom is -0.478 e. The van der Waals surface area contributed by atoms with Crippen LogP contribution in [0.2, 0.25) is 0 Å². The van der Waals surface area contributed by atoms with Gasteiger partial charge in [-0.3, -0.25) is 0 Å². The van der Waals surface area contributed by atoms with Gasteiger partial charge < -0.3 is 15.7 Å². The molecule has 0 radical (unpaired) electrons. The highest BCUT2D eigenvalue weighted by molar-refractivity contribution is 8.00. The van der Waals surface area contributed by atoms with Crippen molar-refractivity contribution in [2.75, 3.05) is 29.5 Å². The van der Waals surface area contributed by atoms with Crippen molar-refractivity contribution in [2.24, 2.45) is 0 Å². The molecule has 2 rings (SSSR count). The van der Waals surface area contributed by atoms with E-state index in [0.29, 0.717) is 11.5 Å². The molecule has 1 aliphatic heterocycles. The Kier molecular flexibility index (Phi) is 3.89. The number of aromatic carboxylic acids is 1. The smallest absolute Gasteiger partial charge is 0.339 e. The number of aromatic nitrogens is 1. The minimum atomic E-state index is -0.981. The Morgan fingerprint density at radius 3 is 2.95 bits per heavy atom. The van der Waals surface area contributed by atoms with E-state index in [4.69, 9.17) is 5.73 Å². The highest BCUT2D eigenvalue weighted by atomic mass is 32.2. The SMILES string of the molecule is CC1(C)CCN(c2ncc(N)cc2C(=O)O)CCS1. The summed E-state index contributed by atoms with van der Waals surface area (Å²) in [5, 5.41) is 9.27. The van der Waals surface area contributed by atoms with Gasteiger partial charge in [-0.15, -0.1) is 0 Å². The van der Waals surface area contributed by atoms with E-state index in [0.717, 1.165) is 25.3 Å². The Morgan fingerprint density at radius 1 is 1.53 bits per heavy atom. The van der Waals surface area contributed by atoms with Crippen LogP contribution >= 0.6 is 11.8 Å². The summed E-state index contributed by atoms with van der Waals surface area (Å²) in [6.07, 6.45) is 2.52. The molecule has 0 spiro atoms. The number of carbonyl (C=O) groups is 1. The summed E-state index contributed by atoms with van der Waals surface area (Å²) in [7, 11) is 0. The first kappa shape index (κ1) is 14.0. The molecule has 0 bridgehead atoms. The van der Waals surface area contributed by atoms with Gasteiger partial charge in [0.25, 0.3) is 0 Å². The summed E-state index contributed by atoms with van der Waals surface area (Å²) in [6, 6.07) is 1.48. The molecule has 1 fully saturated rings. The Morgan fingerprint density at radius 2 is 2.26 bits per heavy atom. The van der Waals surface area contributed by atoms with E-state index in [1.165, 1.54) is 12.3 Å². The molecule has 19 heavy (non-hydrogen) atoms. The predicted octanol–water partition coefficient (Wildman–Crippen LogP) is 2.08. The van der Waals surface area contributed by atoms with Crippen molar-refractivity contribution in [1.29, 1.82) is 0 Å². The van der Waals surface area contributed by atoms with Crippen LogP contribution in [0, 0.1) is 0 Å². The number of thioether (sulfide) groups is 1. The minimum absolute atomic E-state index is 0.185. The molecular weight excluding hydrogens is 262 g/mol. The number of pyridine rings is 1. The molecule has 6 heteroatoms. The first-order valence-electron chi connectivity index (χ1n) is 6.27.